The first-order valence-corrected chi connectivity index (χ1v) is 6.51. The number of carbonyl (C=O) groups is 1. The second kappa shape index (κ2) is 6.23. The van der Waals surface area contributed by atoms with E-state index in [0.29, 0.717) is 16.3 Å². The van der Waals surface area contributed by atoms with E-state index >= 15 is 0 Å². The Kier molecular flexibility index (Phi) is 4.39. The van der Waals surface area contributed by atoms with Gasteiger partial charge in [0.15, 0.2) is 0 Å². The van der Waals surface area contributed by atoms with Crippen molar-refractivity contribution in [2.24, 2.45) is 0 Å². The van der Waals surface area contributed by atoms with Crippen molar-refractivity contribution < 1.29 is 4.79 Å². The van der Waals surface area contributed by atoms with Gasteiger partial charge in [0, 0.05) is 0 Å². The molecule has 0 saturated carbocycles. The molecule has 0 aliphatic heterocycles. The Morgan fingerprint density at radius 2 is 2.10 bits per heavy atom. The summed E-state index contributed by atoms with van der Waals surface area (Å²) in [6.45, 7) is 1.98. The summed E-state index contributed by atoms with van der Waals surface area (Å²) in [5.74, 6) is -0.160. The fraction of sp³-hybridized carbons (Fsp3) is 0.125. The minimum Gasteiger partial charge on any atom is -0.324 e. The molecule has 0 spiro atoms. The van der Waals surface area contributed by atoms with E-state index in [0.717, 1.165) is 11.1 Å². The standard InChI is InChI=1S/C16H13ClN2O/c1-11-3-2-4-12(7-11)9-16(20)19-15-8-13(10-18)5-6-14(15)17/h2-8H,9H2,1H3,(H,19,20). The number of amides is 1. The minimum atomic E-state index is -0.160. The fourth-order valence-electron chi connectivity index (χ4n) is 1.89. The molecule has 100 valence electrons. The quantitative estimate of drug-likeness (QED) is 0.934. The van der Waals surface area contributed by atoms with Crippen molar-refractivity contribution in [3.63, 3.8) is 0 Å². The number of halogens is 1. The molecule has 0 atom stereocenters. The van der Waals surface area contributed by atoms with Gasteiger partial charge in [-0.25, -0.2) is 0 Å². The van der Waals surface area contributed by atoms with E-state index in [1.165, 1.54) is 0 Å². The average molecular weight is 285 g/mol. The van der Waals surface area contributed by atoms with E-state index in [-0.39, 0.29) is 12.3 Å². The van der Waals surface area contributed by atoms with Crippen LogP contribution in [-0.4, -0.2) is 5.91 Å². The Labute approximate surface area is 122 Å². The number of hydrogen-bond donors (Lipinski definition) is 1. The molecular weight excluding hydrogens is 272 g/mol. The van der Waals surface area contributed by atoms with Crippen LogP contribution in [0, 0.1) is 18.3 Å². The number of anilines is 1. The molecule has 2 aromatic carbocycles. The lowest BCUT2D eigenvalue weighted by atomic mass is 10.1. The highest BCUT2D eigenvalue weighted by molar-refractivity contribution is 6.33. The zero-order chi connectivity index (χ0) is 14.5. The van der Waals surface area contributed by atoms with Crippen molar-refractivity contribution in [3.8, 4) is 6.07 Å². The Balaban J connectivity index is 2.10. The van der Waals surface area contributed by atoms with Crippen LogP contribution < -0.4 is 5.32 Å². The lowest BCUT2D eigenvalue weighted by molar-refractivity contribution is -0.115. The zero-order valence-corrected chi connectivity index (χ0v) is 11.7. The molecule has 0 heterocycles. The Hall–Kier alpha value is -2.31. The van der Waals surface area contributed by atoms with Gasteiger partial charge >= 0.3 is 0 Å². The van der Waals surface area contributed by atoms with E-state index in [1.54, 1.807) is 18.2 Å². The van der Waals surface area contributed by atoms with Gasteiger partial charge in [-0.15, -0.1) is 0 Å². The third-order valence-electron chi connectivity index (χ3n) is 2.82. The highest BCUT2D eigenvalue weighted by atomic mass is 35.5. The number of nitriles is 1. The monoisotopic (exact) mass is 284 g/mol. The molecule has 0 bridgehead atoms. The maximum absolute atomic E-state index is 12.0. The molecule has 0 unspecified atom stereocenters. The number of nitrogens with one attached hydrogen (secondary N) is 1. The average Bonchev–Trinajstić information content (AvgIpc) is 2.41. The normalized spacial score (nSPS) is 9.85. The van der Waals surface area contributed by atoms with Crippen molar-refractivity contribution in [1.29, 1.82) is 5.26 Å². The van der Waals surface area contributed by atoms with Gasteiger partial charge in [-0.05, 0) is 30.7 Å². The molecule has 2 rings (SSSR count). The number of hydrogen-bond acceptors (Lipinski definition) is 2. The summed E-state index contributed by atoms with van der Waals surface area (Å²) in [5.41, 5.74) is 2.97. The first kappa shape index (κ1) is 14.1. The first-order valence-electron chi connectivity index (χ1n) is 6.13. The number of aryl methyl sites for hydroxylation is 1. The highest BCUT2D eigenvalue weighted by Crippen LogP contribution is 2.23. The zero-order valence-electron chi connectivity index (χ0n) is 11.0. The molecule has 1 N–H and O–H groups in total. The Morgan fingerprint density at radius 3 is 2.80 bits per heavy atom. The van der Waals surface area contributed by atoms with E-state index < -0.39 is 0 Å². The van der Waals surface area contributed by atoms with Crippen LogP contribution in [-0.2, 0) is 11.2 Å². The smallest absolute Gasteiger partial charge is 0.228 e. The fourth-order valence-corrected chi connectivity index (χ4v) is 2.06. The molecule has 0 radical (unpaired) electrons. The molecule has 20 heavy (non-hydrogen) atoms. The third kappa shape index (κ3) is 3.59. The summed E-state index contributed by atoms with van der Waals surface area (Å²) < 4.78 is 0. The summed E-state index contributed by atoms with van der Waals surface area (Å²) in [6, 6.07) is 14.6. The maximum atomic E-state index is 12.0. The number of carbonyl (C=O) groups excluding carboxylic acids is 1. The topological polar surface area (TPSA) is 52.9 Å². The lowest BCUT2D eigenvalue weighted by Crippen LogP contribution is -2.14. The molecule has 0 aliphatic carbocycles. The van der Waals surface area contributed by atoms with Gasteiger partial charge in [0.05, 0.1) is 28.8 Å². The van der Waals surface area contributed by atoms with E-state index in [1.807, 2.05) is 37.3 Å². The molecule has 2 aromatic rings. The number of nitrogens with zero attached hydrogens (tertiary/aromatic N) is 1. The third-order valence-corrected chi connectivity index (χ3v) is 3.15. The van der Waals surface area contributed by atoms with Crippen LogP contribution in [0.15, 0.2) is 42.5 Å². The molecular formula is C16H13ClN2O. The second-order valence-electron chi connectivity index (χ2n) is 4.52. The molecule has 4 heteroatoms. The van der Waals surface area contributed by atoms with Crippen molar-refractivity contribution >= 4 is 23.2 Å². The van der Waals surface area contributed by atoms with Crippen LogP contribution in [0.3, 0.4) is 0 Å². The van der Waals surface area contributed by atoms with Gasteiger partial charge in [0.1, 0.15) is 0 Å². The summed E-state index contributed by atoms with van der Waals surface area (Å²) in [5, 5.41) is 12.0. The van der Waals surface area contributed by atoms with Crippen LogP contribution in [0.1, 0.15) is 16.7 Å². The van der Waals surface area contributed by atoms with Crippen molar-refractivity contribution in [2.45, 2.75) is 13.3 Å². The summed E-state index contributed by atoms with van der Waals surface area (Å²) in [7, 11) is 0. The second-order valence-corrected chi connectivity index (χ2v) is 4.93. The molecule has 1 amide bonds. The van der Waals surface area contributed by atoms with Gasteiger partial charge in [0.2, 0.25) is 5.91 Å². The summed E-state index contributed by atoms with van der Waals surface area (Å²) >= 11 is 6.00. The number of rotatable bonds is 3. The van der Waals surface area contributed by atoms with Crippen molar-refractivity contribution in [1.82, 2.24) is 0 Å². The summed E-state index contributed by atoms with van der Waals surface area (Å²) in [6.07, 6.45) is 0.273. The van der Waals surface area contributed by atoms with Gasteiger partial charge in [-0.1, -0.05) is 41.4 Å². The Bertz CT molecular complexity index is 689. The largest absolute Gasteiger partial charge is 0.324 e. The predicted octanol–water partition coefficient (Wildman–Crippen LogP) is 3.70. The van der Waals surface area contributed by atoms with E-state index in [2.05, 4.69) is 5.32 Å². The SMILES string of the molecule is Cc1cccc(CC(=O)Nc2cc(C#N)ccc2Cl)c1. The van der Waals surface area contributed by atoms with Gasteiger partial charge in [-0.2, -0.15) is 5.26 Å². The highest BCUT2D eigenvalue weighted by Gasteiger charge is 2.08. The maximum Gasteiger partial charge on any atom is 0.228 e. The van der Waals surface area contributed by atoms with E-state index in [4.69, 9.17) is 16.9 Å². The van der Waals surface area contributed by atoms with Gasteiger partial charge in [0.25, 0.3) is 0 Å². The van der Waals surface area contributed by atoms with Gasteiger partial charge in [-0.3, -0.25) is 4.79 Å². The molecule has 0 aliphatic rings. The minimum absolute atomic E-state index is 0.160. The molecule has 0 fully saturated rings. The summed E-state index contributed by atoms with van der Waals surface area (Å²) in [4.78, 5) is 12.0. The van der Waals surface area contributed by atoms with Crippen LogP contribution >= 0.6 is 11.6 Å². The van der Waals surface area contributed by atoms with Crippen molar-refractivity contribution in [2.75, 3.05) is 5.32 Å². The van der Waals surface area contributed by atoms with Crippen LogP contribution in [0.25, 0.3) is 0 Å². The molecule has 0 saturated heterocycles. The lowest BCUT2D eigenvalue weighted by Gasteiger charge is -2.08. The van der Waals surface area contributed by atoms with Crippen molar-refractivity contribution in [3.05, 3.63) is 64.2 Å². The van der Waals surface area contributed by atoms with Crippen LogP contribution in [0.4, 0.5) is 5.69 Å². The molecule has 3 nitrogen and oxygen atoms in total. The van der Waals surface area contributed by atoms with Crippen LogP contribution in [0.5, 0.6) is 0 Å². The van der Waals surface area contributed by atoms with Gasteiger partial charge < -0.3 is 5.32 Å². The first-order chi connectivity index (χ1) is 9.58. The Morgan fingerprint density at radius 1 is 1.30 bits per heavy atom. The predicted molar refractivity (Wildman–Crippen MR) is 79.7 cm³/mol. The molecule has 0 aromatic heterocycles. The van der Waals surface area contributed by atoms with Crippen LogP contribution in [0.2, 0.25) is 5.02 Å². The van der Waals surface area contributed by atoms with E-state index in [9.17, 15) is 4.79 Å². The number of benzene rings is 2.